The topological polar surface area (TPSA) is 29.5 Å². The standard InChI is InChI=1S/C10H20O2/c1-2-12-8-7-9-3-5-10(11)6-4-9/h9-11H,2-8H2,1H3. The van der Waals surface area contributed by atoms with E-state index in [-0.39, 0.29) is 6.10 Å². The highest BCUT2D eigenvalue weighted by molar-refractivity contribution is 4.71. The van der Waals surface area contributed by atoms with Crippen molar-refractivity contribution >= 4 is 0 Å². The summed E-state index contributed by atoms with van der Waals surface area (Å²) in [6.07, 6.45) is 5.53. The van der Waals surface area contributed by atoms with Crippen LogP contribution >= 0.6 is 0 Å². The van der Waals surface area contributed by atoms with Crippen LogP contribution in [0.25, 0.3) is 0 Å². The SMILES string of the molecule is CCOCCC1CCC(O)CC1. The van der Waals surface area contributed by atoms with Crippen molar-refractivity contribution in [3.05, 3.63) is 0 Å². The molecule has 0 bridgehead atoms. The molecule has 1 aliphatic carbocycles. The maximum atomic E-state index is 9.27. The molecule has 0 aliphatic heterocycles. The minimum absolute atomic E-state index is 0.0201. The van der Waals surface area contributed by atoms with Crippen LogP contribution in [0.1, 0.15) is 39.0 Å². The van der Waals surface area contributed by atoms with Gasteiger partial charge >= 0.3 is 0 Å². The highest BCUT2D eigenvalue weighted by atomic mass is 16.5. The van der Waals surface area contributed by atoms with Gasteiger partial charge in [0, 0.05) is 13.2 Å². The molecule has 2 nitrogen and oxygen atoms in total. The van der Waals surface area contributed by atoms with E-state index in [1.807, 2.05) is 6.92 Å². The monoisotopic (exact) mass is 172 g/mol. The van der Waals surface area contributed by atoms with Gasteiger partial charge in [-0.3, -0.25) is 0 Å². The smallest absolute Gasteiger partial charge is 0.0540 e. The second kappa shape index (κ2) is 5.55. The summed E-state index contributed by atoms with van der Waals surface area (Å²) < 4.78 is 5.30. The first kappa shape index (κ1) is 10.0. The van der Waals surface area contributed by atoms with Gasteiger partial charge in [-0.2, -0.15) is 0 Å². The highest BCUT2D eigenvalue weighted by Gasteiger charge is 2.18. The molecule has 0 aromatic carbocycles. The van der Waals surface area contributed by atoms with Gasteiger partial charge in [0.05, 0.1) is 6.10 Å². The van der Waals surface area contributed by atoms with Crippen LogP contribution < -0.4 is 0 Å². The van der Waals surface area contributed by atoms with Crippen molar-refractivity contribution in [2.24, 2.45) is 5.92 Å². The van der Waals surface area contributed by atoms with Crippen molar-refractivity contribution < 1.29 is 9.84 Å². The Hall–Kier alpha value is -0.0800. The lowest BCUT2D eigenvalue weighted by Gasteiger charge is -2.24. The van der Waals surface area contributed by atoms with Gasteiger partial charge in [-0.1, -0.05) is 0 Å². The molecule has 0 aromatic rings. The third-order valence-electron chi connectivity index (χ3n) is 2.69. The van der Waals surface area contributed by atoms with Gasteiger partial charge in [0.25, 0.3) is 0 Å². The molecule has 0 radical (unpaired) electrons. The summed E-state index contributed by atoms with van der Waals surface area (Å²) in [4.78, 5) is 0. The fourth-order valence-corrected chi connectivity index (χ4v) is 1.83. The second-order valence-corrected chi connectivity index (χ2v) is 3.66. The maximum absolute atomic E-state index is 9.27. The molecule has 12 heavy (non-hydrogen) atoms. The molecule has 72 valence electrons. The van der Waals surface area contributed by atoms with E-state index >= 15 is 0 Å². The van der Waals surface area contributed by atoms with E-state index in [1.54, 1.807) is 0 Å². The van der Waals surface area contributed by atoms with Crippen LogP contribution in [-0.2, 0) is 4.74 Å². The Morgan fingerprint density at radius 3 is 2.50 bits per heavy atom. The fourth-order valence-electron chi connectivity index (χ4n) is 1.83. The Labute approximate surface area is 74.9 Å². The Kier molecular flexibility index (Phi) is 4.62. The summed E-state index contributed by atoms with van der Waals surface area (Å²) in [6.45, 7) is 3.76. The summed E-state index contributed by atoms with van der Waals surface area (Å²) in [5.74, 6) is 0.806. The first-order valence-electron chi connectivity index (χ1n) is 5.08. The maximum Gasteiger partial charge on any atom is 0.0540 e. The zero-order valence-electron chi connectivity index (χ0n) is 7.96. The highest BCUT2D eigenvalue weighted by Crippen LogP contribution is 2.26. The third kappa shape index (κ3) is 3.55. The number of aliphatic hydroxyl groups is 1. The Morgan fingerprint density at radius 2 is 1.92 bits per heavy atom. The molecule has 1 aliphatic rings. The number of ether oxygens (including phenoxy) is 1. The van der Waals surface area contributed by atoms with E-state index in [1.165, 1.54) is 19.3 Å². The molecule has 1 fully saturated rings. The quantitative estimate of drug-likeness (QED) is 0.657. The molecular weight excluding hydrogens is 152 g/mol. The molecular formula is C10H20O2. The van der Waals surface area contributed by atoms with Crippen LogP contribution in [0.15, 0.2) is 0 Å². The molecule has 0 heterocycles. The molecule has 0 amide bonds. The molecule has 0 atom stereocenters. The predicted octanol–water partition coefficient (Wildman–Crippen LogP) is 1.96. The van der Waals surface area contributed by atoms with Gasteiger partial charge in [-0.15, -0.1) is 0 Å². The van der Waals surface area contributed by atoms with Crippen LogP contribution in [0.5, 0.6) is 0 Å². The normalized spacial score (nSPS) is 30.5. The Balaban J connectivity index is 2.01. The average molecular weight is 172 g/mol. The van der Waals surface area contributed by atoms with Gasteiger partial charge in [0.1, 0.15) is 0 Å². The Morgan fingerprint density at radius 1 is 1.25 bits per heavy atom. The van der Waals surface area contributed by atoms with E-state index in [0.717, 1.165) is 32.0 Å². The predicted molar refractivity (Wildman–Crippen MR) is 49.1 cm³/mol. The van der Waals surface area contributed by atoms with Crippen LogP contribution in [0.2, 0.25) is 0 Å². The number of rotatable bonds is 4. The number of hydrogen-bond acceptors (Lipinski definition) is 2. The van der Waals surface area contributed by atoms with Crippen molar-refractivity contribution in [1.82, 2.24) is 0 Å². The first-order valence-corrected chi connectivity index (χ1v) is 5.08. The second-order valence-electron chi connectivity index (χ2n) is 3.66. The van der Waals surface area contributed by atoms with Crippen molar-refractivity contribution in [3.8, 4) is 0 Å². The largest absolute Gasteiger partial charge is 0.393 e. The van der Waals surface area contributed by atoms with Gasteiger partial charge < -0.3 is 9.84 Å². The van der Waals surface area contributed by atoms with Crippen molar-refractivity contribution in [2.75, 3.05) is 13.2 Å². The summed E-state index contributed by atoms with van der Waals surface area (Å²) in [6, 6.07) is 0. The van der Waals surface area contributed by atoms with Gasteiger partial charge in [-0.25, -0.2) is 0 Å². The van der Waals surface area contributed by atoms with E-state index < -0.39 is 0 Å². The minimum atomic E-state index is -0.0201. The number of aliphatic hydroxyl groups excluding tert-OH is 1. The van der Waals surface area contributed by atoms with Crippen LogP contribution in [-0.4, -0.2) is 24.4 Å². The lowest BCUT2D eigenvalue weighted by atomic mass is 9.86. The molecule has 0 unspecified atom stereocenters. The van der Waals surface area contributed by atoms with Crippen molar-refractivity contribution in [2.45, 2.75) is 45.1 Å². The average Bonchev–Trinajstić information content (AvgIpc) is 2.09. The molecule has 0 aromatic heterocycles. The first-order chi connectivity index (χ1) is 5.83. The fraction of sp³-hybridized carbons (Fsp3) is 1.00. The summed E-state index contributed by atoms with van der Waals surface area (Å²) in [5.41, 5.74) is 0. The summed E-state index contributed by atoms with van der Waals surface area (Å²) >= 11 is 0. The van der Waals surface area contributed by atoms with Gasteiger partial charge in [0.15, 0.2) is 0 Å². The van der Waals surface area contributed by atoms with E-state index in [0.29, 0.717) is 0 Å². The van der Waals surface area contributed by atoms with Gasteiger partial charge in [0.2, 0.25) is 0 Å². The van der Waals surface area contributed by atoms with Gasteiger partial charge in [-0.05, 0) is 44.9 Å². The molecule has 0 saturated heterocycles. The number of hydrogen-bond donors (Lipinski definition) is 1. The molecule has 0 spiro atoms. The molecule has 1 N–H and O–H groups in total. The van der Waals surface area contributed by atoms with Crippen LogP contribution in [0.3, 0.4) is 0 Å². The minimum Gasteiger partial charge on any atom is -0.393 e. The zero-order chi connectivity index (χ0) is 8.81. The van der Waals surface area contributed by atoms with E-state index in [2.05, 4.69) is 0 Å². The van der Waals surface area contributed by atoms with E-state index in [4.69, 9.17) is 4.74 Å². The lowest BCUT2D eigenvalue weighted by Crippen LogP contribution is -2.19. The summed E-state index contributed by atoms with van der Waals surface area (Å²) in [5, 5.41) is 9.27. The van der Waals surface area contributed by atoms with Crippen molar-refractivity contribution in [3.63, 3.8) is 0 Å². The Bertz CT molecular complexity index is 106. The van der Waals surface area contributed by atoms with Crippen molar-refractivity contribution in [1.29, 1.82) is 0 Å². The van der Waals surface area contributed by atoms with Crippen LogP contribution in [0.4, 0.5) is 0 Å². The molecule has 1 saturated carbocycles. The van der Waals surface area contributed by atoms with E-state index in [9.17, 15) is 5.11 Å². The molecule has 1 rings (SSSR count). The van der Waals surface area contributed by atoms with Crippen LogP contribution in [0, 0.1) is 5.92 Å². The zero-order valence-corrected chi connectivity index (χ0v) is 7.96. The molecule has 2 heteroatoms. The third-order valence-corrected chi connectivity index (χ3v) is 2.69. The summed E-state index contributed by atoms with van der Waals surface area (Å²) in [7, 11) is 0. The lowest BCUT2D eigenvalue weighted by molar-refractivity contribution is 0.0847.